The molecular weight excluding hydrogens is 486 g/mol. The average molecular weight is 535 g/mol. The monoisotopic (exact) mass is 534 g/mol. The molecule has 0 spiro atoms. The first kappa shape index (κ1) is 30.7. The van der Waals surface area contributed by atoms with E-state index in [2.05, 4.69) is 27.7 Å². The molecule has 0 fully saturated rings. The zero-order chi connectivity index (χ0) is 26.3. The van der Waals surface area contributed by atoms with Gasteiger partial charge >= 0.3 is 0 Å². The van der Waals surface area contributed by atoms with Crippen LogP contribution in [0.25, 0.3) is 0 Å². The fraction of sp³-hybridized carbons (Fsp3) is 0.600. The summed E-state index contributed by atoms with van der Waals surface area (Å²) in [6.45, 7) is 9.27. The molecule has 2 aromatic rings. The van der Waals surface area contributed by atoms with Crippen LogP contribution in [0, 0.1) is 0 Å². The molecule has 4 nitrogen and oxygen atoms in total. The second-order valence-corrected chi connectivity index (χ2v) is 16.0. The highest BCUT2D eigenvalue weighted by Crippen LogP contribution is 2.49. The minimum absolute atomic E-state index is 0.348. The third-order valence-corrected chi connectivity index (χ3v) is 13.3. The van der Waals surface area contributed by atoms with Crippen LogP contribution in [0.1, 0.15) is 79.1 Å². The van der Waals surface area contributed by atoms with Crippen LogP contribution < -0.4 is 20.1 Å². The lowest BCUT2D eigenvalue weighted by atomic mass is 10.3. The van der Waals surface area contributed by atoms with Crippen LogP contribution in [0.15, 0.2) is 48.5 Å². The minimum Gasteiger partial charge on any atom is -0.489 e. The highest BCUT2D eigenvalue weighted by atomic mass is 31.2. The van der Waals surface area contributed by atoms with E-state index < -0.39 is 14.3 Å². The molecule has 0 heterocycles. The Hall–Kier alpha value is -1.50. The third-order valence-electron chi connectivity index (χ3n) is 6.70. The molecule has 0 atom stereocenters. The van der Waals surface area contributed by atoms with Crippen molar-refractivity contribution in [2.24, 2.45) is 0 Å². The number of benzene rings is 2. The number of hydrogen-bond donors (Lipinski definition) is 0. The van der Waals surface area contributed by atoms with Crippen LogP contribution >= 0.6 is 14.3 Å². The highest BCUT2D eigenvalue weighted by molar-refractivity contribution is 7.72. The van der Waals surface area contributed by atoms with Crippen LogP contribution in [-0.2, 0) is 9.13 Å². The summed E-state index contributed by atoms with van der Waals surface area (Å²) in [5.41, 5.74) is 0. The smallest absolute Gasteiger partial charge is 0.130 e. The molecule has 0 N–H and O–H groups in total. The van der Waals surface area contributed by atoms with Crippen molar-refractivity contribution >= 4 is 24.9 Å². The summed E-state index contributed by atoms with van der Waals surface area (Å²) in [5.74, 6) is 1.42. The normalized spacial score (nSPS) is 12.0. The Kier molecular flexibility index (Phi) is 14.0. The van der Waals surface area contributed by atoms with Gasteiger partial charge in [-0.25, -0.2) is 0 Å². The van der Waals surface area contributed by atoms with E-state index in [4.69, 9.17) is 9.47 Å². The molecular formula is C30H48O4P2. The maximum Gasteiger partial charge on any atom is 0.130 e. The molecule has 0 aliphatic heterocycles. The second-order valence-electron chi connectivity index (χ2n) is 9.72. The maximum absolute atomic E-state index is 14.0. The zero-order valence-electron chi connectivity index (χ0n) is 23.0. The van der Waals surface area contributed by atoms with Gasteiger partial charge < -0.3 is 18.6 Å². The van der Waals surface area contributed by atoms with Gasteiger partial charge in [-0.3, -0.25) is 0 Å². The first-order valence-corrected chi connectivity index (χ1v) is 18.2. The molecule has 0 saturated heterocycles. The van der Waals surface area contributed by atoms with Crippen molar-refractivity contribution in [2.75, 3.05) is 37.9 Å². The third kappa shape index (κ3) is 9.11. The number of hydrogen-bond acceptors (Lipinski definition) is 4. The van der Waals surface area contributed by atoms with Gasteiger partial charge in [-0.1, -0.05) is 77.6 Å². The van der Waals surface area contributed by atoms with Crippen LogP contribution in [0.3, 0.4) is 0 Å². The Balaban J connectivity index is 2.13. The Morgan fingerprint density at radius 3 is 1.14 bits per heavy atom. The van der Waals surface area contributed by atoms with Gasteiger partial charge in [0.15, 0.2) is 0 Å². The summed E-state index contributed by atoms with van der Waals surface area (Å²) < 4.78 is 40.3. The van der Waals surface area contributed by atoms with Crippen molar-refractivity contribution in [3.05, 3.63) is 48.5 Å². The lowest BCUT2D eigenvalue weighted by Gasteiger charge is -2.23. The summed E-state index contributed by atoms with van der Waals surface area (Å²) in [5, 5.41) is 1.74. The fourth-order valence-corrected chi connectivity index (χ4v) is 11.0. The molecule has 0 aromatic heterocycles. The van der Waals surface area contributed by atoms with E-state index in [1.807, 2.05) is 48.5 Å². The number of ether oxygens (including phenoxy) is 2. The Morgan fingerprint density at radius 1 is 0.528 bits per heavy atom. The molecule has 202 valence electrons. The van der Waals surface area contributed by atoms with Gasteiger partial charge in [-0.05, 0) is 49.9 Å². The number of para-hydroxylation sites is 2. The molecule has 0 aliphatic rings. The quantitative estimate of drug-likeness (QED) is 0.134. The SMILES string of the molecule is CCCCP(=O)(CCCC)c1ccccc1OCCOc1ccccc1P(=O)(CCCC)CCCC. The van der Waals surface area contributed by atoms with Crippen LogP contribution in [-0.4, -0.2) is 37.9 Å². The molecule has 36 heavy (non-hydrogen) atoms. The van der Waals surface area contributed by atoms with Crippen molar-refractivity contribution in [1.82, 2.24) is 0 Å². The minimum atomic E-state index is -2.50. The second kappa shape index (κ2) is 16.4. The maximum atomic E-state index is 14.0. The molecule has 2 aromatic carbocycles. The average Bonchev–Trinajstić information content (AvgIpc) is 2.91. The first-order valence-electron chi connectivity index (χ1n) is 14.0. The Bertz CT molecular complexity index is 885. The lowest BCUT2D eigenvalue weighted by molar-refractivity contribution is 0.219. The van der Waals surface area contributed by atoms with Crippen molar-refractivity contribution in [2.45, 2.75) is 79.1 Å². The van der Waals surface area contributed by atoms with Gasteiger partial charge in [0.1, 0.15) is 39.0 Å². The van der Waals surface area contributed by atoms with Gasteiger partial charge in [0.05, 0.1) is 10.6 Å². The molecule has 0 bridgehead atoms. The fourth-order valence-electron chi connectivity index (χ4n) is 4.49. The van der Waals surface area contributed by atoms with Crippen LogP contribution in [0.2, 0.25) is 0 Å². The van der Waals surface area contributed by atoms with E-state index >= 15 is 0 Å². The van der Waals surface area contributed by atoms with Crippen LogP contribution in [0.4, 0.5) is 0 Å². The summed E-state index contributed by atoms with van der Waals surface area (Å²) in [4.78, 5) is 0. The van der Waals surface area contributed by atoms with Gasteiger partial charge in [0.25, 0.3) is 0 Å². The summed E-state index contributed by atoms with van der Waals surface area (Å²) in [6, 6.07) is 15.6. The van der Waals surface area contributed by atoms with Crippen molar-refractivity contribution in [3.63, 3.8) is 0 Å². The molecule has 0 amide bonds. The molecule has 6 heteroatoms. The van der Waals surface area contributed by atoms with E-state index in [-0.39, 0.29) is 0 Å². The Morgan fingerprint density at radius 2 is 0.833 bits per heavy atom. The van der Waals surface area contributed by atoms with Crippen molar-refractivity contribution < 1.29 is 18.6 Å². The predicted molar refractivity (Wildman–Crippen MR) is 157 cm³/mol. The lowest BCUT2D eigenvalue weighted by Crippen LogP contribution is -2.20. The first-order chi connectivity index (χ1) is 17.4. The van der Waals surface area contributed by atoms with Crippen molar-refractivity contribution in [1.29, 1.82) is 0 Å². The topological polar surface area (TPSA) is 52.6 Å². The standard InChI is InChI=1S/C30H48O4P2/c1-5-9-23-35(31,24-10-6-2)29-19-15-13-17-27(29)33-21-22-34-28-18-14-16-20-30(28)36(32,25-11-7-3)26-12-8-4/h13-20H,5-12,21-26H2,1-4H3. The zero-order valence-corrected chi connectivity index (χ0v) is 24.8. The number of unbranched alkanes of at least 4 members (excludes halogenated alkanes) is 4. The highest BCUT2D eigenvalue weighted by Gasteiger charge is 2.28. The van der Waals surface area contributed by atoms with E-state index in [1.54, 1.807) is 0 Å². The Labute approximate surface area is 220 Å². The summed E-state index contributed by atoms with van der Waals surface area (Å²) in [7, 11) is -5.01. The van der Waals surface area contributed by atoms with Gasteiger partial charge in [-0.15, -0.1) is 0 Å². The van der Waals surface area contributed by atoms with E-state index in [9.17, 15) is 9.13 Å². The molecule has 2 rings (SSSR count). The summed E-state index contributed by atoms with van der Waals surface area (Å²) >= 11 is 0. The van der Waals surface area contributed by atoms with Gasteiger partial charge in [-0.2, -0.15) is 0 Å². The van der Waals surface area contributed by atoms with Crippen LogP contribution in [0.5, 0.6) is 11.5 Å². The predicted octanol–water partition coefficient (Wildman–Crippen LogP) is 8.32. The largest absolute Gasteiger partial charge is 0.489 e. The molecule has 0 saturated carbocycles. The van der Waals surface area contributed by atoms with Gasteiger partial charge in [0, 0.05) is 24.6 Å². The van der Waals surface area contributed by atoms with E-state index in [0.29, 0.717) is 24.7 Å². The molecule has 0 radical (unpaired) electrons. The van der Waals surface area contributed by atoms with Crippen molar-refractivity contribution in [3.8, 4) is 11.5 Å². The molecule has 0 unspecified atom stereocenters. The van der Waals surface area contributed by atoms with E-state index in [1.165, 1.54) is 0 Å². The van der Waals surface area contributed by atoms with E-state index in [0.717, 1.165) is 86.6 Å². The van der Waals surface area contributed by atoms with Gasteiger partial charge in [0.2, 0.25) is 0 Å². The summed E-state index contributed by atoms with van der Waals surface area (Å²) in [6.07, 6.45) is 10.9. The molecule has 0 aliphatic carbocycles. The number of rotatable bonds is 19.